The van der Waals surface area contributed by atoms with Gasteiger partial charge in [0.1, 0.15) is 12.4 Å². The molecule has 2 aromatic rings. The first-order valence-electron chi connectivity index (χ1n) is 11.2. The van der Waals surface area contributed by atoms with E-state index in [1.807, 2.05) is 6.92 Å². The number of halogens is 3. The lowest BCUT2D eigenvalue weighted by Crippen LogP contribution is -2.32. The van der Waals surface area contributed by atoms with Crippen LogP contribution in [-0.4, -0.2) is 24.7 Å². The molecule has 0 aliphatic carbocycles. The van der Waals surface area contributed by atoms with Crippen molar-refractivity contribution in [3.8, 4) is 5.75 Å². The summed E-state index contributed by atoms with van der Waals surface area (Å²) >= 11 is 0. The molecule has 0 aliphatic heterocycles. The number of anilines is 1. The summed E-state index contributed by atoms with van der Waals surface area (Å²) in [5.74, 6) is -1.52. The third-order valence-corrected chi connectivity index (χ3v) is 7.42. The Morgan fingerprint density at radius 2 is 1.80 bits per heavy atom. The standard InChI is InChI=1S/C25H30F3NO5S/c1-4-5-6-23(17(2)3)35(32,33)29-21-13-12-20(25(26,27)28)15-22(21)34-16-19-9-7-18(8-10-19)11-14-24(30)31/h7-15,17,23,29H,4-6,16H2,1-3H3,(H,30,31)/b14-11+. The summed E-state index contributed by atoms with van der Waals surface area (Å²) in [4.78, 5) is 10.6. The van der Waals surface area contributed by atoms with E-state index in [1.165, 1.54) is 6.08 Å². The van der Waals surface area contributed by atoms with Gasteiger partial charge in [0.25, 0.3) is 0 Å². The van der Waals surface area contributed by atoms with Crippen LogP contribution in [0.3, 0.4) is 0 Å². The maximum Gasteiger partial charge on any atom is 0.416 e. The van der Waals surface area contributed by atoms with E-state index in [4.69, 9.17) is 9.84 Å². The van der Waals surface area contributed by atoms with Crippen LogP contribution in [-0.2, 0) is 27.6 Å². The zero-order valence-electron chi connectivity index (χ0n) is 19.8. The predicted molar refractivity (Wildman–Crippen MR) is 130 cm³/mol. The Bertz CT molecular complexity index is 1130. The van der Waals surface area contributed by atoms with Gasteiger partial charge in [-0.15, -0.1) is 0 Å². The molecule has 10 heteroatoms. The van der Waals surface area contributed by atoms with Crippen LogP contribution in [0.1, 0.15) is 56.7 Å². The molecular formula is C25H30F3NO5S. The van der Waals surface area contributed by atoms with Gasteiger partial charge in [-0.2, -0.15) is 13.2 Å². The monoisotopic (exact) mass is 513 g/mol. The fourth-order valence-corrected chi connectivity index (χ4v) is 5.26. The third kappa shape index (κ3) is 8.61. The van der Waals surface area contributed by atoms with Crippen LogP contribution >= 0.6 is 0 Å². The van der Waals surface area contributed by atoms with Crippen molar-refractivity contribution in [2.45, 2.75) is 58.1 Å². The van der Waals surface area contributed by atoms with E-state index in [0.29, 0.717) is 24.0 Å². The van der Waals surface area contributed by atoms with E-state index in [9.17, 15) is 26.4 Å². The molecule has 0 spiro atoms. The zero-order valence-corrected chi connectivity index (χ0v) is 20.6. The third-order valence-electron chi connectivity index (χ3n) is 5.34. The van der Waals surface area contributed by atoms with Gasteiger partial charge in [0.15, 0.2) is 0 Å². The first-order valence-corrected chi connectivity index (χ1v) is 12.7. The summed E-state index contributed by atoms with van der Waals surface area (Å²) in [6, 6.07) is 9.19. The SMILES string of the molecule is CCCCC(C(C)C)S(=O)(=O)Nc1ccc(C(F)(F)F)cc1OCc1ccc(/C=C/C(=O)O)cc1. The van der Waals surface area contributed by atoms with Gasteiger partial charge in [0.2, 0.25) is 10.0 Å². The second-order valence-electron chi connectivity index (χ2n) is 8.48. The molecule has 0 fully saturated rings. The number of carboxylic acid groups (broad SMARTS) is 1. The maximum atomic E-state index is 13.3. The van der Waals surface area contributed by atoms with Crippen molar-refractivity contribution in [1.29, 1.82) is 0 Å². The quantitative estimate of drug-likeness (QED) is 0.323. The topological polar surface area (TPSA) is 92.7 Å². The molecule has 0 radical (unpaired) electrons. The van der Waals surface area contributed by atoms with Crippen LogP contribution in [0.15, 0.2) is 48.5 Å². The number of hydrogen-bond donors (Lipinski definition) is 2. The van der Waals surface area contributed by atoms with E-state index in [0.717, 1.165) is 30.7 Å². The van der Waals surface area contributed by atoms with E-state index < -0.39 is 33.0 Å². The number of rotatable bonds is 12. The van der Waals surface area contributed by atoms with Crippen LogP contribution in [0.5, 0.6) is 5.75 Å². The van der Waals surface area contributed by atoms with Crippen molar-refractivity contribution in [2.75, 3.05) is 4.72 Å². The lowest BCUT2D eigenvalue weighted by molar-refractivity contribution is -0.137. The van der Waals surface area contributed by atoms with Gasteiger partial charge in [0, 0.05) is 6.08 Å². The minimum Gasteiger partial charge on any atom is -0.487 e. The van der Waals surface area contributed by atoms with Gasteiger partial charge in [-0.3, -0.25) is 4.72 Å². The number of nitrogens with one attached hydrogen (secondary N) is 1. The van der Waals surface area contributed by atoms with Crippen LogP contribution in [0.4, 0.5) is 18.9 Å². The molecule has 192 valence electrons. The summed E-state index contributed by atoms with van der Waals surface area (Å²) in [5.41, 5.74) is 0.194. The van der Waals surface area contributed by atoms with Crippen molar-refractivity contribution >= 4 is 27.8 Å². The molecule has 2 aromatic carbocycles. The number of unbranched alkanes of at least 4 members (excludes halogenated alkanes) is 1. The molecule has 6 nitrogen and oxygen atoms in total. The van der Waals surface area contributed by atoms with Gasteiger partial charge in [0.05, 0.1) is 16.5 Å². The lowest BCUT2D eigenvalue weighted by Gasteiger charge is -2.23. The molecule has 0 heterocycles. The molecule has 2 N–H and O–H groups in total. The molecule has 0 bridgehead atoms. The van der Waals surface area contributed by atoms with Gasteiger partial charge in [-0.25, -0.2) is 13.2 Å². The van der Waals surface area contributed by atoms with Crippen molar-refractivity contribution in [3.63, 3.8) is 0 Å². The first-order chi connectivity index (χ1) is 16.3. The molecule has 2 rings (SSSR count). The van der Waals surface area contributed by atoms with Gasteiger partial charge in [-0.1, -0.05) is 57.9 Å². The Morgan fingerprint density at radius 3 is 2.34 bits per heavy atom. The largest absolute Gasteiger partial charge is 0.487 e. The molecule has 35 heavy (non-hydrogen) atoms. The molecule has 0 saturated heterocycles. The van der Waals surface area contributed by atoms with Crippen LogP contribution in [0, 0.1) is 5.92 Å². The summed E-state index contributed by atoms with van der Waals surface area (Å²) in [5, 5.41) is 7.99. The van der Waals surface area contributed by atoms with Crippen molar-refractivity contribution in [2.24, 2.45) is 5.92 Å². The Morgan fingerprint density at radius 1 is 1.14 bits per heavy atom. The average molecular weight is 514 g/mol. The minimum atomic E-state index is -4.63. The summed E-state index contributed by atoms with van der Waals surface area (Å²) < 4.78 is 74.1. The smallest absolute Gasteiger partial charge is 0.416 e. The highest BCUT2D eigenvalue weighted by atomic mass is 32.2. The lowest BCUT2D eigenvalue weighted by atomic mass is 10.1. The molecular weight excluding hydrogens is 483 g/mol. The number of carboxylic acids is 1. The van der Waals surface area contributed by atoms with Crippen LogP contribution in [0.2, 0.25) is 0 Å². The molecule has 0 saturated carbocycles. The summed E-state index contributed by atoms with van der Waals surface area (Å²) in [6.07, 6.45) is -0.290. The number of benzene rings is 2. The minimum absolute atomic E-state index is 0.0684. The second-order valence-corrected chi connectivity index (χ2v) is 10.4. The van der Waals surface area contributed by atoms with Crippen LogP contribution in [0.25, 0.3) is 6.08 Å². The normalized spacial score (nSPS) is 13.2. The average Bonchev–Trinajstić information content (AvgIpc) is 2.76. The highest BCUT2D eigenvalue weighted by Crippen LogP contribution is 2.36. The Labute approximate surface area is 203 Å². The Hall–Kier alpha value is -3.01. The van der Waals surface area contributed by atoms with E-state index >= 15 is 0 Å². The van der Waals surface area contributed by atoms with Crippen LogP contribution < -0.4 is 9.46 Å². The Kier molecular flexibility index (Phi) is 9.76. The molecule has 0 aromatic heterocycles. The predicted octanol–water partition coefficient (Wildman–Crippen LogP) is 6.34. The number of aliphatic carboxylic acids is 1. The van der Waals surface area contributed by atoms with Gasteiger partial charge < -0.3 is 9.84 Å². The van der Waals surface area contributed by atoms with E-state index in [-0.39, 0.29) is 24.0 Å². The van der Waals surface area contributed by atoms with Gasteiger partial charge >= 0.3 is 12.1 Å². The van der Waals surface area contributed by atoms with Crippen molar-refractivity contribution in [1.82, 2.24) is 0 Å². The molecule has 1 atom stereocenters. The maximum absolute atomic E-state index is 13.3. The number of carbonyl (C=O) groups is 1. The number of alkyl halides is 3. The van der Waals surface area contributed by atoms with E-state index in [1.54, 1.807) is 38.1 Å². The molecule has 1 unspecified atom stereocenters. The fourth-order valence-electron chi connectivity index (χ4n) is 3.44. The highest BCUT2D eigenvalue weighted by Gasteiger charge is 2.33. The van der Waals surface area contributed by atoms with Crippen molar-refractivity contribution < 1.29 is 36.2 Å². The summed E-state index contributed by atoms with van der Waals surface area (Å²) in [6.45, 7) is 5.41. The van der Waals surface area contributed by atoms with Gasteiger partial charge in [-0.05, 0) is 47.7 Å². The van der Waals surface area contributed by atoms with Crippen molar-refractivity contribution in [3.05, 3.63) is 65.2 Å². The number of hydrogen-bond acceptors (Lipinski definition) is 4. The second kappa shape index (κ2) is 12.1. The highest BCUT2D eigenvalue weighted by molar-refractivity contribution is 7.93. The number of sulfonamides is 1. The number of ether oxygens (including phenoxy) is 1. The molecule has 0 amide bonds. The fraction of sp³-hybridized carbons (Fsp3) is 0.400. The molecule has 0 aliphatic rings. The first kappa shape index (κ1) is 28.2. The zero-order chi connectivity index (χ0) is 26.2. The summed E-state index contributed by atoms with van der Waals surface area (Å²) in [7, 11) is -3.89. The van der Waals surface area contributed by atoms with E-state index in [2.05, 4.69) is 4.72 Å². The Balaban J connectivity index is 2.31.